The van der Waals surface area contributed by atoms with Crippen LogP contribution >= 0.6 is 11.6 Å². The number of nitrogens with zero attached hydrogens (tertiary/aromatic N) is 3. The van der Waals surface area contributed by atoms with Gasteiger partial charge in [0.05, 0.1) is 40.1 Å². The standard InChI is InChI=1S/C34H33ClF5N7O/c1-5-19-15-41-29-24(28(19)42-18-32(2,3)4)13-20(14-25(29)35)43-30(26-16-47(45-44-26)33(10-11-33)34(38,39)40)22-7-6-8-23-21(22)9-12-46(31(23)48)17-27(36)37/h1,6-9,12-16,27,30,43-45H,10-11,17-18H2,2-4H3,(H,41,42)/t30-/m0/s1. The van der Waals surface area contributed by atoms with Crippen LogP contribution in [0.4, 0.5) is 33.3 Å². The van der Waals surface area contributed by atoms with Crippen molar-refractivity contribution in [1.82, 2.24) is 25.5 Å². The van der Waals surface area contributed by atoms with Crippen LogP contribution in [0.2, 0.25) is 5.02 Å². The number of hydrazine groups is 2. The van der Waals surface area contributed by atoms with E-state index >= 15 is 0 Å². The van der Waals surface area contributed by atoms with Gasteiger partial charge in [-0.1, -0.05) is 50.4 Å². The Morgan fingerprint density at radius 3 is 2.52 bits per heavy atom. The fraction of sp³-hybridized carbons (Fsp3) is 0.353. The number of anilines is 2. The van der Waals surface area contributed by atoms with Crippen molar-refractivity contribution in [2.45, 2.75) is 64.3 Å². The van der Waals surface area contributed by atoms with Crippen LogP contribution in [0.3, 0.4) is 0 Å². The number of pyridine rings is 2. The lowest BCUT2D eigenvalue weighted by atomic mass is 9.96. The van der Waals surface area contributed by atoms with E-state index in [4.69, 9.17) is 18.0 Å². The van der Waals surface area contributed by atoms with Crippen LogP contribution in [-0.4, -0.2) is 39.2 Å². The average Bonchev–Trinajstić information content (AvgIpc) is 3.70. The van der Waals surface area contributed by atoms with Crippen LogP contribution in [0, 0.1) is 17.8 Å². The van der Waals surface area contributed by atoms with Crippen LogP contribution in [0.1, 0.15) is 50.8 Å². The molecule has 0 amide bonds. The molecule has 0 bridgehead atoms. The molecule has 252 valence electrons. The SMILES string of the molecule is C#Cc1cnc2c(Cl)cc(N[C@H](C3=CN(C4(C(F)(F)F)CC4)NN3)c3cccc4c(=O)n(CC(F)F)ccc34)cc2c1NCC(C)(C)C. The summed E-state index contributed by atoms with van der Waals surface area (Å²) in [6.45, 7) is 6.01. The van der Waals surface area contributed by atoms with Gasteiger partial charge in [0.1, 0.15) is 0 Å². The number of nitrogens with one attached hydrogen (secondary N) is 4. The van der Waals surface area contributed by atoms with Crippen LogP contribution in [-0.2, 0) is 6.54 Å². The van der Waals surface area contributed by atoms with Crippen molar-refractivity contribution < 1.29 is 22.0 Å². The lowest BCUT2D eigenvalue weighted by Gasteiger charge is -2.28. The van der Waals surface area contributed by atoms with Gasteiger partial charge in [-0.2, -0.15) is 13.2 Å². The molecule has 6 rings (SSSR count). The first-order chi connectivity index (χ1) is 22.6. The van der Waals surface area contributed by atoms with Crippen LogP contribution in [0.15, 0.2) is 65.5 Å². The quantitative estimate of drug-likeness (QED) is 0.109. The van der Waals surface area contributed by atoms with Crippen molar-refractivity contribution in [3.63, 3.8) is 0 Å². The zero-order valence-electron chi connectivity index (χ0n) is 26.3. The number of hydrogen-bond donors (Lipinski definition) is 4. The van der Waals surface area contributed by atoms with Gasteiger partial charge in [-0.25, -0.2) is 8.78 Å². The maximum Gasteiger partial charge on any atom is 0.413 e. The normalized spacial score (nSPS) is 16.5. The third-order valence-corrected chi connectivity index (χ3v) is 8.79. The first kappa shape index (κ1) is 33.4. The molecular formula is C34H33ClF5N7O. The summed E-state index contributed by atoms with van der Waals surface area (Å²) in [6, 6.07) is 8.97. The Hall–Kier alpha value is -4.54. The number of hydrogen-bond acceptors (Lipinski definition) is 7. The smallest absolute Gasteiger partial charge is 0.383 e. The summed E-state index contributed by atoms with van der Waals surface area (Å²) in [5.74, 6) is 2.66. The van der Waals surface area contributed by atoms with E-state index in [-0.39, 0.29) is 23.6 Å². The topological polar surface area (TPSA) is 86.2 Å². The maximum absolute atomic E-state index is 14.1. The molecule has 4 N–H and O–H groups in total. The lowest BCUT2D eigenvalue weighted by Crippen LogP contribution is -2.52. The molecule has 0 radical (unpaired) electrons. The van der Waals surface area contributed by atoms with Gasteiger partial charge in [-0.05, 0) is 53.5 Å². The summed E-state index contributed by atoms with van der Waals surface area (Å²) in [6.07, 6.45) is 2.63. The molecule has 2 aromatic carbocycles. The minimum Gasteiger partial charge on any atom is -0.383 e. The number of rotatable bonds is 9. The molecular weight excluding hydrogens is 653 g/mol. The molecule has 0 saturated heterocycles. The Balaban J connectivity index is 1.49. The minimum absolute atomic E-state index is 0.0832. The van der Waals surface area contributed by atoms with E-state index in [1.165, 1.54) is 18.5 Å². The second-order valence-corrected chi connectivity index (χ2v) is 13.6. The van der Waals surface area contributed by atoms with E-state index in [2.05, 4.69) is 53.3 Å². The van der Waals surface area contributed by atoms with Crippen LogP contribution in [0.25, 0.3) is 21.7 Å². The highest BCUT2D eigenvalue weighted by molar-refractivity contribution is 6.35. The van der Waals surface area contributed by atoms with Crippen molar-refractivity contribution in [3.8, 4) is 12.3 Å². The Labute approximate surface area is 278 Å². The van der Waals surface area contributed by atoms with Gasteiger partial charge in [0.15, 0.2) is 5.54 Å². The molecule has 0 unspecified atom stereocenters. The largest absolute Gasteiger partial charge is 0.413 e. The third-order valence-electron chi connectivity index (χ3n) is 8.50. The Bertz CT molecular complexity index is 2030. The van der Waals surface area contributed by atoms with Crippen molar-refractivity contribution in [1.29, 1.82) is 0 Å². The van der Waals surface area contributed by atoms with Gasteiger partial charge in [-0.3, -0.25) is 14.8 Å². The van der Waals surface area contributed by atoms with Crippen LogP contribution in [0.5, 0.6) is 0 Å². The summed E-state index contributed by atoms with van der Waals surface area (Å²) < 4.78 is 69.5. The van der Waals surface area contributed by atoms with Crippen molar-refractivity contribution in [2.24, 2.45) is 5.41 Å². The number of halogens is 6. The first-order valence-corrected chi connectivity index (χ1v) is 15.6. The fourth-order valence-electron chi connectivity index (χ4n) is 5.86. The van der Waals surface area contributed by atoms with Crippen LogP contribution < -0.4 is 27.2 Å². The molecule has 48 heavy (non-hydrogen) atoms. The highest BCUT2D eigenvalue weighted by Gasteiger charge is 2.67. The number of terminal acetylenes is 1. The van der Waals surface area contributed by atoms with E-state index in [1.807, 2.05) is 0 Å². The number of alkyl halides is 5. The van der Waals surface area contributed by atoms with Gasteiger partial charge < -0.3 is 20.6 Å². The molecule has 1 saturated carbocycles. The van der Waals surface area contributed by atoms with E-state index in [9.17, 15) is 26.7 Å². The Morgan fingerprint density at radius 2 is 1.88 bits per heavy atom. The van der Waals surface area contributed by atoms with E-state index < -0.39 is 36.3 Å². The van der Waals surface area contributed by atoms with E-state index in [1.54, 1.807) is 36.5 Å². The van der Waals surface area contributed by atoms with E-state index in [0.717, 1.165) is 9.58 Å². The van der Waals surface area contributed by atoms with Gasteiger partial charge in [0.2, 0.25) is 0 Å². The van der Waals surface area contributed by atoms with Gasteiger partial charge in [0, 0.05) is 41.6 Å². The molecule has 2 aliphatic rings. The summed E-state index contributed by atoms with van der Waals surface area (Å²) in [7, 11) is 0. The number of benzene rings is 2. The highest BCUT2D eigenvalue weighted by atomic mass is 35.5. The summed E-state index contributed by atoms with van der Waals surface area (Å²) in [5, 5.41) is 9.37. The molecule has 2 aromatic heterocycles. The Morgan fingerprint density at radius 1 is 1.12 bits per heavy atom. The molecule has 14 heteroatoms. The molecule has 1 aliphatic carbocycles. The molecule has 0 spiro atoms. The monoisotopic (exact) mass is 685 g/mol. The highest BCUT2D eigenvalue weighted by Crippen LogP contribution is 2.54. The number of fused-ring (bicyclic) bond motifs is 2. The zero-order chi connectivity index (χ0) is 34.6. The second kappa shape index (κ2) is 12.2. The predicted molar refractivity (Wildman–Crippen MR) is 177 cm³/mol. The first-order valence-electron chi connectivity index (χ1n) is 15.2. The molecule has 3 heterocycles. The molecule has 8 nitrogen and oxygen atoms in total. The minimum atomic E-state index is -4.49. The second-order valence-electron chi connectivity index (χ2n) is 13.2. The van der Waals surface area contributed by atoms with Gasteiger partial charge in [-0.15, -0.1) is 12.0 Å². The van der Waals surface area contributed by atoms with Crippen molar-refractivity contribution in [3.05, 3.63) is 87.2 Å². The molecule has 4 aromatic rings. The Kier molecular flexibility index (Phi) is 8.46. The molecule has 1 fully saturated rings. The third kappa shape index (κ3) is 6.22. The van der Waals surface area contributed by atoms with Gasteiger partial charge in [0.25, 0.3) is 12.0 Å². The van der Waals surface area contributed by atoms with Crippen molar-refractivity contribution in [2.75, 3.05) is 17.2 Å². The summed E-state index contributed by atoms with van der Waals surface area (Å²) in [4.78, 5) is 17.7. The summed E-state index contributed by atoms with van der Waals surface area (Å²) in [5.41, 5.74) is 5.72. The average molecular weight is 686 g/mol. The van der Waals surface area contributed by atoms with Crippen molar-refractivity contribution >= 4 is 44.7 Å². The summed E-state index contributed by atoms with van der Waals surface area (Å²) >= 11 is 6.76. The zero-order valence-corrected chi connectivity index (χ0v) is 27.0. The maximum atomic E-state index is 14.1. The predicted octanol–water partition coefficient (Wildman–Crippen LogP) is 7.32. The van der Waals surface area contributed by atoms with Gasteiger partial charge >= 0.3 is 6.18 Å². The number of aromatic nitrogens is 2. The molecule has 1 aliphatic heterocycles. The lowest BCUT2D eigenvalue weighted by molar-refractivity contribution is -0.195. The fourth-order valence-corrected chi connectivity index (χ4v) is 6.13. The molecule has 1 atom stereocenters. The van der Waals surface area contributed by atoms with E-state index in [0.29, 0.717) is 56.1 Å².